The highest BCUT2D eigenvalue weighted by Crippen LogP contribution is 2.32. The molecular weight excluding hydrogens is 558 g/mol. The van der Waals surface area contributed by atoms with Gasteiger partial charge in [-0.1, -0.05) is 0 Å². The van der Waals surface area contributed by atoms with Crippen LogP contribution in [-0.2, 0) is 24.5 Å². The van der Waals surface area contributed by atoms with Crippen LogP contribution in [0.1, 0.15) is 12.0 Å². The predicted molar refractivity (Wildman–Crippen MR) is 142 cm³/mol. The molecule has 1 aromatic rings. The van der Waals surface area contributed by atoms with Gasteiger partial charge < -0.3 is 20.1 Å². The van der Waals surface area contributed by atoms with Crippen molar-refractivity contribution in [2.24, 2.45) is 21.7 Å². The number of anilines is 1. The molecule has 0 bridgehead atoms. The Balaban J connectivity index is 2.23. The lowest BCUT2D eigenvalue weighted by atomic mass is 9.97. The van der Waals surface area contributed by atoms with Crippen LogP contribution in [0.5, 0.6) is 5.75 Å². The molecule has 2 heterocycles. The number of carboxylic acids is 1. The molecule has 0 amide bonds. The minimum absolute atomic E-state index is 0.00825. The molecule has 0 fully saturated rings. The molecule has 2 atom stereocenters. The largest absolute Gasteiger partial charge is 0.481 e. The van der Waals surface area contributed by atoms with Gasteiger partial charge in [0.05, 0.1) is 17.2 Å². The van der Waals surface area contributed by atoms with Gasteiger partial charge in [-0.25, -0.2) is 32.7 Å². The fourth-order valence-corrected chi connectivity index (χ4v) is 5.33. The zero-order valence-corrected chi connectivity index (χ0v) is 23.2. The molecule has 3 rings (SSSR count). The second-order valence-corrected chi connectivity index (χ2v) is 13.5. The topological polar surface area (TPSA) is 227 Å². The third kappa shape index (κ3) is 7.01. The van der Waals surface area contributed by atoms with Crippen LogP contribution in [0, 0.1) is 16.0 Å². The maximum absolute atomic E-state index is 12.5. The second kappa shape index (κ2) is 11.1. The van der Waals surface area contributed by atoms with Crippen LogP contribution in [-0.4, -0.2) is 100 Å². The summed E-state index contributed by atoms with van der Waals surface area (Å²) in [5, 5.41) is 25.6. The van der Waals surface area contributed by atoms with E-state index in [0.29, 0.717) is 35.2 Å². The van der Waals surface area contributed by atoms with E-state index in [1.807, 2.05) is 0 Å². The number of carbonyl (C=O) groups is 1. The molecule has 1 aromatic carbocycles. The number of hydrazine groups is 1. The van der Waals surface area contributed by atoms with Gasteiger partial charge in [-0.15, -0.1) is 0 Å². The Morgan fingerprint density at radius 1 is 1.31 bits per heavy atom. The third-order valence-corrected chi connectivity index (χ3v) is 7.78. The first-order valence-electron chi connectivity index (χ1n) is 11.4. The highest BCUT2D eigenvalue weighted by atomic mass is 32.2. The number of aliphatic imine (C=N–C) groups is 2. The number of nitrogens with one attached hydrogen (secondary N) is 1. The van der Waals surface area contributed by atoms with Gasteiger partial charge in [0.2, 0.25) is 5.50 Å². The number of aliphatic carboxylic acids is 1. The SMILES string of the molecule is CN(C)c1cc(OC2=C([N+](=O)[O-])C(C(CCS(C)(=O)=O)C(=O)O)=NC(S(C)(=O)=O)N2N)cc(C2=NCCN2)c1. The Hall–Kier alpha value is -3.77. The molecule has 2 unspecified atom stereocenters. The lowest BCUT2D eigenvalue weighted by molar-refractivity contribution is -0.420. The Morgan fingerprint density at radius 2 is 1.97 bits per heavy atom. The van der Waals surface area contributed by atoms with Gasteiger partial charge in [0.1, 0.15) is 33.1 Å². The number of rotatable bonds is 11. The zero-order chi connectivity index (χ0) is 29.3. The number of ether oxygens (including phenoxy) is 1. The summed E-state index contributed by atoms with van der Waals surface area (Å²) in [6, 6.07) is 4.80. The number of nitrogens with zero attached hydrogens (tertiary/aromatic N) is 5. The molecule has 16 nitrogen and oxygen atoms in total. The van der Waals surface area contributed by atoms with Crippen molar-refractivity contribution in [3.8, 4) is 5.75 Å². The average Bonchev–Trinajstić information content (AvgIpc) is 3.33. The quantitative estimate of drug-likeness (QED) is 0.161. The minimum Gasteiger partial charge on any atom is -0.481 e. The molecule has 2 aliphatic rings. The van der Waals surface area contributed by atoms with Gasteiger partial charge in [0.25, 0.3) is 5.88 Å². The van der Waals surface area contributed by atoms with Crippen molar-refractivity contribution in [1.82, 2.24) is 10.3 Å². The van der Waals surface area contributed by atoms with E-state index in [9.17, 15) is 36.9 Å². The van der Waals surface area contributed by atoms with Gasteiger partial charge in [0.15, 0.2) is 9.84 Å². The molecule has 0 aromatic heterocycles. The molecule has 0 aliphatic carbocycles. The summed E-state index contributed by atoms with van der Waals surface area (Å²) in [6.07, 6.45) is 1.02. The van der Waals surface area contributed by atoms with Gasteiger partial charge in [-0.2, -0.15) is 0 Å². The van der Waals surface area contributed by atoms with Gasteiger partial charge in [0, 0.05) is 50.5 Å². The maximum atomic E-state index is 12.5. The summed E-state index contributed by atoms with van der Waals surface area (Å²) < 4.78 is 54.4. The number of amidine groups is 1. The van der Waals surface area contributed by atoms with Crippen molar-refractivity contribution in [1.29, 1.82) is 0 Å². The molecule has 4 N–H and O–H groups in total. The van der Waals surface area contributed by atoms with Gasteiger partial charge in [-0.3, -0.25) is 19.9 Å². The first kappa shape index (κ1) is 29.8. The van der Waals surface area contributed by atoms with E-state index in [-0.39, 0.29) is 5.75 Å². The molecule has 39 heavy (non-hydrogen) atoms. The Kier molecular flexibility index (Phi) is 8.51. The Labute approximate surface area is 224 Å². The smallest absolute Gasteiger partial charge is 0.352 e. The number of sulfone groups is 2. The zero-order valence-electron chi connectivity index (χ0n) is 21.6. The normalized spacial score (nSPS) is 18.7. The minimum atomic E-state index is -4.20. The highest BCUT2D eigenvalue weighted by molar-refractivity contribution is 7.91. The van der Waals surface area contributed by atoms with E-state index in [4.69, 9.17) is 10.6 Å². The van der Waals surface area contributed by atoms with E-state index in [2.05, 4.69) is 15.3 Å². The van der Waals surface area contributed by atoms with Crippen LogP contribution in [0.3, 0.4) is 0 Å². The lowest BCUT2D eigenvalue weighted by Gasteiger charge is -2.31. The van der Waals surface area contributed by atoms with E-state index in [0.717, 1.165) is 12.5 Å². The summed E-state index contributed by atoms with van der Waals surface area (Å²) in [4.78, 5) is 33.3. The predicted octanol–water partition coefficient (Wildman–Crippen LogP) is -0.979. The summed E-state index contributed by atoms with van der Waals surface area (Å²) in [7, 11) is -4.39. The van der Waals surface area contributed by atoms with Crippen molar-refractivity contribution in [3.63, 3.8) is 0 Å². The number of allylic oxidation sites excluding steroid dienone is 1. The molecular formula is C21H29N7O9S2. The van der Waals surface area contributed by atoms with Crippen LogP contribution < -0.4 is 20.8 Å². The van der Waals surface area contributed by atoms with Crippen molar-refractivity contribution in [2.75, 3.05) is 50.3 Å². The van der Waals surface area contributed by atoms with Gasteiger partial charge >= 0.3 is 11.7 Å². The van der Waals surface area contributed by atoms with Crippen LogP contribution in [0.25, 0.3) is 0 Å². The number of nitro groups is 1. The fraction of sp³-hybridized carbons (Fsp3) is 0.476. The molecule has 0 saturated carbocycles. The molecule has 0 spiro atoms. The third-order valence-electron chi connectivity index (χ3n) is 5.71. The van der Waals surface area contributed by atoms with Gasteiger partial charge in [-0.05, 0) is 18.6 Å². The van der Waals surface area contributed by atoms with E-state index < -0.39 is 71.4 Å². The first-order valence-corrected chi connectivity index (χ1v) is 15.4. The summed E-state index contributed by atoms with van der Waals surface area (Å²) in [5.74, 6) is 1.62. The lowest BCUT2D eigenvalue weighted by Crippen LogP contribution is -2.51. The average molecular weight is 588 g/mol. The first-order chi connectivity index (χ1) is 18.0. The maximum Gasteiger partial charge on any atom is 0.352 e. The van der Waals surface area contributed by atoms with Crippen molar-refractivity contribution >= 4 is 42.9 Å². The van der Waals surface area contributed by atoms with Crippen molar-refractivity contribution in [3.05, 3.63) is 45.5 Å². The second-order valence-electron chi connectivity index (χ2n) is 9.17. The molecule has 0 saturated heterocycles. The van der Waals surface area contributed by atoms with Crippen molar-refractivity contribution in [2.45, 2.75) is 11.9 Å². The Morgan fingerprint density at radius 3 is 2.46 bits per heavy atom. The number of hydrogen-bond donors (Lipinski definition) is 3. The van der Waals surface area contributed by atoms with Crippen LogP contribution in [0.4, 0.5) is 5.69 Å². The van der Waals surface area contributed by atoms with Crippen LogP contribution in [0.15, 0.2) is 39.8 Å². The van der Waals surface area contributed by atoms with E-state index in [1.54, 1.807) is 25.1 Å². The molecule has 18 heteroatoms. The van der Waals surface area contributed by atoms with Crippen LogP contribution in [0.2, 0.25) is 0 Å². The molecule has 2 aliphatic heterocycles. The monoisotopic (exact) mass is 587 g/mol. The van der Waals surface area contributed by atoms with Crippen molar-refractivity contribution < 1.29 is 36.4 Å². The molecule has 0 radical (unpaired) electrons. The number of nitrogens with two attached hydrogens (primary N) is 1. The number of benzene rings is 1. The van der Waals surface area contributed by atoms with E-state index in [1.165, 1.54) is 12.1 Å². The molecule has 214 valence electrons. The van der Waals surface area contributed by atoms with E-state index >= 15 is 0 Å². The standard InChI is InChI=1S/C21H29N7O9S2/c1-26(2)13-9-12(18-23-6-7-24-18)10-14(11-13)37-19-17(28(31)32)16(25-21(27(19)22)39(4,35)36)15(20(29)30)5-8-38(3,33)34/h9-11,15,21H,5-8,22H2,1-4H3,(H,23,24)(H,29,30). The fourth-order valence-electron chi connectivity index (χ4n) is 3.85. The summed E-state index contributed by atoms with van der Waals surface area (Å²) in [5.41, 5.74) is -2.60. The number of carboxylic acid groups (broad SMARTS) is 1. The highest BCUT2D eigenvalue weighted by Gasteiger charge is 2.46. The van der Waals surface area contributed by atoms with Crippen LogP contribution >= 0.6 is 0 Å². The summed E-state index contributed by atoms with van der Waals surface area (Å²) in [6.45, 7) is 1.13. The Bertz CT molecular complexity index is 1480. The summed E-state index contributed by atoms with van der Waals surface area (Å²) >= 11 is 0. The number of hydrogen-bond acceptors (Lipinski definition) is 14.